The monoisotopic (exact) mass is 474 g/mol. The molecule has 0 heterocycles. The first-order chi connectivity index (χ1) is 16.4. The van der Waals surface area contributed by atoms with Crippen molar-refractivity contribution in [1.82, 2.24) is 10.6 Å². The summed E-state index contributed by atoms with van der Waals surface area (Å²) in [6, 6.07) is 22.5. The second kappa shape index (κ2) is 12.0. The third kappa shape index (κ3) is 7.35. The first kappa shape index (κ1) is 24.3. The number of amides is 2. The molecule has 0 aliphatic rings. The van der Waals surface area contributed by atoms with Gasteiger partial charge in [0.2, 0.25) is 5.91 Å². The lowest BCUT2D eigenvalue weighted by atomic mass is 10.1. The molecule has 0 unspecified atom stereocenters. The molecule has 8 nitrogen and oxygen atoms in total. The van der Waals surface area contributed by atoms with E-state index in [4.69, 9.17) is 12.2 Å². The van der Waals surface area contributed by atoms with Gasteiger partial charge in [0.05, 0.1) is 16.2 Å². The highest BCUT2D eigenvalue weighted by molar-refractivity contribution is 7.80. The van der Waals surface area contributed by atoms with Gasteiger partial charge >= 0.3 is 0 Å². The molecule has 0 saturated heterocycles. The van der Waals surface area contributed by atoms with E-state index in [0.717, 1.165) is 5.56 Å². The van der Waals surface area contributed by atoms with Crippen molar-refractivity contribution >= 4 is 46.6 Å². The van der Waals surface area contributed by atoms with Crippen molar-refractivity contribution in [2.45, 2.75) is 6.42 Å². The second-order valence-electron chi connectivity index (χ2n) is 7.17. The van der Waals surface area contributed by atoms with Crippen LogP contribution in [-0.4, -0.2) is 28.4 Å². The lowest BCUT2D eigenvalue weighted by Gasteiger charge is -2.13. The maximum absolute atomic E-state index is 12.7. The number of para-hydroxylation sites is 1. The van der Waals surface area contributed by atoms with Crippen LogP contribution in [0, 0.1) is 10.1 Å². The van der Waals surface area contributed by atoms with E-state index >= 15 is 0 Å². The van der Waals surface area contributed by atoms with Crippen LogP contribution in [-0.2, 0) is 11.2 Å². The average molecular weight is 475 g/mol. The molecule has 172 valence electrons. The SMILES string of the molecule is O=C(/C=C/c1cccc([N+](=O)[O-])c1)NC(=S)Nc1ccccc1C(=O)NCCc1ccccc1. The van der Waals surface area contributed by atoms with E-state index in [0.29, 0.717) is 29.8 Å². The van der Waals surface area contributed by atoms with Crippen molar-refractivity contribution in [3.05, 3.63) is 112 Å². The van der Waals surface area contributed by atoms with Crippen LogP contribution in [0.3, 0.4) is 0 Å². The van der Waals surface area contributed by atoms with E-state index in [1.54, 1.807) is 30.3 Å². The summed E-state index contributed by atoms with van der Waals surface area (Å²) in [4.78, 5) is 35.2. The molecule has 0 radical (unpaired) electrons. The molecule has 3 aromatic rings. The number of carbonyl (C=O) groups is 2. The third-order valence-corrected chi connectivity index (χ3v) is 4.91. The zero-order chi connectivity index (χ0) is 24.3. The molecule has 0 atom stereocenters. The average Bonchev–Trinajstić information content (AvgIpc) is 2.84. The number of anilines is 1. The molecule has 0 saturated carbocycles. The van der Waals surface area contributed by atoms with E-state index in [-0.39, 0.29) is 16.7 Å². The Morgan fingerprint density at radius 3 is 2.47 bits per heavy atom. The number of nitro benzene ring substituents is 1. The van der Waals surface area contributed by atoms with Crippen LogP contribution in [0.5, 0.6) is 0 Å². The smallest absolute Gasteiger partial charge is 0.270 e. The number of thiocarbonyl (C=S) groups is 1. The predicted octanol–water partition coefficient (Wildman–Crippen LogP) is 4.09. The summed E-state index contributed by atoms with van der Waals surface area (Å²) in [5, 5.41) is 19.1. The summed E-state index contributed by atoms with van der Waals surface area (Å²) < 4.78 is 0. The van der Waals surface area contributed by atoms with E-state index in [2.05, 4.69) is 16.0 Å². The van der Waals surface area contributed by atoms with Crippen LogP contribution in [0.25, 0.3) is 6.08 Å². The van der Waals surface area contributed by atoms with Gasteiger partial charge in [-0.05, 0) is 48.0 Å². The molecule has 9 heteroatoms. The lowest BCUT2D eigenvalue weighted by Crippen LogP contribution is -2.34. The van der Waals surface area contributed by atoms with Gasteiger partial charge in [-0.15, -0.1) is 0 Å². The Morgan fingerprint density at radius 2 is 1.71 bits per heavy atom. The van der Waals surface area contributed by atoms with Gasteiger partial charge in [-0.3, -0.25) is 25.0 Å². The Bertz CT molecular complexity index is 1230. The molecule has 3 aromatic carbocycles. The van der Waals surface area contributed by atoms with Crippen LogP contribution in [0.4, 0.5) is 11.4 Å². The van der Waals surface area contributed by atoms with Gasteiger partial charge < -0.3 is 10.6 Å². The predicted molar refractivity (Wildman–Crippen MR) is 135 cm³/mol. The highest BCUT2D eigenvalue weighted by Gasteiger charge is 2.12. The highest BCUT2D eigenvalue weighted by Crippen LogP contribution is 2.16. The van der Waals surface area contributed by atoms with E-state index in [1.807, 2.05) is 30.3 Å². The van der Waals surface area contributed by atoms with Gasteiger partial charge in [0.25, 0.3) is 11.6 Å². The third-order valence-electron chi connectivity index (χ3n) is 4.71. The number of non-ortho nitro benzene ring substituents is 1. The van der Waals surface area contributed by atoms with Crippen LogP contribution in [0.15, 0.2) is 84.9 Å². The van der Waals surface area contributed by atoms with Gasteiger partial charge in [0, 0.05) is 24.8 Å². The van der Waals surface area contributed by atoms with Gasteiger partial charge in [0.15, 0.2) is 5.11 Å². The van der Waals surface area contributed by atoms with Gasteiger partial charge in [-0.1, -0.05) is 54.6 Å². The number of nitrogens with one attached hydrogen (secondary N) is 3. The van der Waals surface area contributed by atoms with Crippen LogP contribution in [0.1, 0.15) is 21.5 Å². The minimum absolute atomic E-state index is 0.0122. The molecule has 2 amide bonds. The lowest BCUT2D eigenvalue weighted by molar-refractivity contribution is -0.384. The van der Waals surface area contributed by atoms with Crippen molar-refractivity contribution in [3.8, 4) is 0 Å². The summed E-state index contributed by atoms with van der Waals surface area (Å²) in [6.45, 7) is 0.473. The Hall–Kier alpha value is -4.37. The summed E-state index contributed by atoms with van der Waals surface area (Å²) in [6.07, 6.45) is 3.36. The van der Waals surface area contributed by atoms with Crippen molar-refractivity contribution in [1.29, 1.82) is 0 Å². The first-order valence-corrected chi connectivity index (χ1v) is 10.8. The fourth-order valence-corrected chi connectivity index (χ4v) is 3.28. The molecule has 0 bridgehead atoms. The van der Waals surface area contributed by atoms with Crippen molar-refractivity contribution < 1.29 is 14.5 Å². The molecule has 0 aromatic heterocycles. The molecule has 3 N–H and O–H groups in total. The quantitative estimate of drug-likeness (QED) is 0.196. The van der Waals surface area contributed by atoms with Crippen LogP contribution < -0.4 is 16.0 Å². The summed E-state index contributed by atoms with van der Waals surface area (Å²) >= 11 is 5.20. The Labute approximate surface area is 201 Å². The molecule has 0 aliphatic heterocycles. The van der Waals surface area contributed by atoms with Crippen molar-refractivity contribution in [3.63, 3.8) is 0 Å². The fourth-order valence-electron chi connectivity index (χ4n) is 3.07. The molecular formula is C25H22N4O4S. The number of carbonyl (C=O) groups excluding carboxylic acids is 2. The number of hydrogen-bond donors (Lipinski definition) is 3. The molecule has 0 aliphatic carbocycles. The summed E-state index contributed by atoms with van der Waals surface area (Å²) in [5.41, 5.74) is 2.39. The molecule has 3 rings (SSSR count). The van der Waals surface area contributed by atoms with E-state index in [1.165, 1.54) is 30.4 Å². The van der Waals surface area contributed by atoms with E-state index < -0.39 is 10.8 Å². The fraction of sp³-hybridized carbons (Fsp3) is 0.0800. The Balaban J connectivity index is 1.55. The highest BCUT2D eigenvalue weighted by atomic mass is 32.1. The number of benzene rings is 3. The topological polar surface area (TPSA) is 113 Å². The number of hydrogen-bond acceptors (Lipinski definition) is 5. The summed E-state index contributed by atoms with van der Waals surface area (Å²) in [5.74, 6) is -0.785. The molecule has 0 spiro atoms. The number of nitro groups is 1. The van der Waals surface area contributed by atoms with Crippen LogP contribution >= 0.6 is 12.2 Å². The molecule has 0 fully saturated rings. The van der Waals surface area contributed by atoms with Gasteiger partial charge in [0.1, 0.15) is 0 Å². The molecule has 34 heavy (non-hydrogen) atoms. The number of nitrogens with zero attached hydrogens (tertiary/aromatic N) is 1. The maximum Gasteiger partial charge on any atom is 0.270 e. The minimum atomic E-state index is -0.520. The first-order valence-electron chi connectivity index (χ1n) is 10.4. The van der Waals surface area contributed by atoms with Crippen LogP contribution in [0.2, 0.25) is 0 Å². The van der Waals surface area contributed by atoms with E-state index in [9.17, 15) is 19.7 Å². The van der Waals surface area contributed by atoms with Crippen molar-refractivity contribution in [2.75, 3.05) is 11.9 Å². The molecular weight excluding hydrogens is 452 g/mol. The number of rotatable bonds is 8. The largest absolute Gasteiger partial charge is 0.352 e. The van der Waals surface area contributed by atoms with Gasteiger partial charge in [-0.25, -0.2) is 0 Å². The minimum Gasteiger partial charge on any atom is -0.352 e. The zero-order valence-electron chi connectivity index (χ0n) is 18.1. The van der Waals surface area contributed by atoms with Gasteiger partial charge in [-0.2, -0.15) is 0 Å². The Kier molecular flexibility index (Phi) is 8.59. The second-order valence-corrected chi connectivity index (χ2v) is 7.57. The zero-order valence-corrected chi connectivity index (χ0v) is 18.9. The Morgan fingerprint density at radius 1 is 0.971 bits per heavy atom. The summed E-state index contributed by atoms with van der Waals surface area (Å²) in [7, 11) is 0. The maximum atomic E-state index is 12.7. The van der Waals surface area contributed by atoms with Crippen molar-refractivity contribution in [2.24, 2.45) is 0 Å². The standard InChI is InChI=1S/C25H22N4O4S/c30-23(14-13-19-9-6-10-20(17-19)29(32)33)28-25(34)27-22-12-5-4-11-21(22)24(31)26-16-15-18-7-2-1-3-8-18/h1-14,17H,15-16H2,(H,26,31)(H2,27,28,30,34)/b14-13+. The normalized spacial score (nSPS) is 10.5.